The van der Waals surface area contributed by atoms with Gasteiger partial charge in [-0.3, -0.25) is 9.59 Å². The molecule has 0 bridgehead atoms. The molecule has 2 atom stereocenters. The van der Waals surface area contributed by atoms with E-state index in [-0.39, 0.29) is 25.4 Å². The normalized spacial score (nSPS) is 21.7. The van der Waals surface area contributed by atoms with E-state index in [0.29, 0.717) is 17.7 Å². The monoisotopic (exact) mass is 331 g/mol. The molecule has 0 aromatic carbocycles. The highest BCUT2D eigenvalue weighted by Crippen LogP contribution is 2.21. The summed E-state index contributed by atoms with van der Waals surface area (Å²) in [4.78, 5) is 24.4. The molecule has 0 aromatic heterocycles. The largest absolute Gasteiger partial charge is 0.406 e. The van der Waals surface area contributed by atoms with Gasteiger partial charge in [-0.1, -0.05) is 13.3 Å². The van der Waals surface area contributed by atoms with Crippen molar-refractivity contribution in [2.75, 3.05) is 13.1 Å². The Morgan fingerprint density at radius 1 is 1.48 bits per heavy atom. The fraction of sp³-hybridized carbons (Fsp3) is 0.833. The minimum atomic E-state index is -4.43. The molecule has 1 aliphatic heterocycles. The molecule has 0 aliphatic carbocycles. The maximum Gasteiger partial charge on any atom is 0.406 e. The van der Waals surface area contributed by atoms with Crippen molar-refractivity contribution >= 4 is 24.2 Å². The molecule has 1 saturated heterocycles. The summed E-state index contributed by atoms with van der Waals surface area (Å²) in [6, 6.07) is -0.912. The van der Waals surface area contributed by atoms with Gasteiger partial charge in [0.2, 0.25) is 11.8 Å². The lowest BCUT2D eigenvalue weighted by Gasteiger charge is -2.25. The third kappa shape index (κ3) is 5.70. The second-order valence-electron chi connectivity index (χ2n) is 5.36. The van der Waals surface area contributed by atoms with Crippen LogP contribution in [-0.4, -0.2) is 47.6 Å². The Kier molecular flexibility index (Phi) is 6.95. The number of likely N-dealkylation sites (tertiary alicyclic amines) is 1. The predicted octanol–water partition coefficient (Wildman–Crippen LogP) is 1.21. The summed E-state index contributed by atoms with van der Waals surface area (Å²) in [5, 5.41) is 2.45. The lowest BCUT2D eigenvalue weighted by molar-refractivity contribution is -0.158. The minimum absolute atomic E-state index is 0. The summed E-state index contributed by atoms with van der Waals surface area (Å²) >= 11 is 0. The van der Waals surface area contributed by atoms with E-state index >= 15 is 0 Å². The highest BCUT2D eigenvalue weighted by atomic mass is 35.5. The van der Waals surface area contributed by atoms with E-state index in [9.17, 15) is 22.8 Å². The van der Waals surface area contributed by atoms with Gasteiger partial charge in [-0.25, -0.2) is 0 Å². The van der Waals surface area contributed by atoms with E-state index in [2.05, 4.69) is 5.32 Å². The molecule has 2 amide bonds. The van der Waals surface area contributed by atoms with Gasteiger partial charge >= 0.3 is 6.18 Å². The average molecular weight is 332 g/mol. The van der Waals surface area contributed by atoms with Gasteiger partial charge in [0.1, 0.15) is 12.6 Å². The van der Waals surface area contributed by atoms with Gasteiger partial charge in [0, 0.05) is 6.54 Å². The number of alkyl halides is 3. The van der Waals surface area contributed by atoms with Crippen molar-refractivity contribution in [2.45, 2.75) is 50.9 Å². The summed E-state index contributed by atoms with van der Waals surface area (Å²) < 4.78 is 36.8. The zero-order valence-corrected chi connectivity index (χ0v) is 12.8. The molecule has 1 rings (SSSR count). The number of nitrogens with two attached hydrogens (primary N) is 1. The Balaban J connectivity index is 0.00000400. The van der Waals surface area contributed by atoms with Crippen LogP contribution in [0.25, 0.3) is 0 Å². The van der Waals surface area contributed by atoms with Gasteiger partial charge in [0.15, 0.2) is 0 Å². The van der Waals surface area contributed by atoms with Crippen molar-refractivity contribution in [1.29, 1.82) is 0 Å². The molecule has 0 saturated carbocycles. The molecular weight excluding hydrogens is 311 g/mol. The van der Waals surface area contributed by atoms with E-state index < -0.39 is 36.1 Å². The molecule has 1 aliphatic rings. The average Bonchev–Trinajstić information content (AvgIpc) is 2.59. The number of hydrogen-bond donors (Lipinski definition) is 2. The fourth-order valence-electron chi connectivity index (χ4n) is 2.20. The van der Waals surface area contributed by atoms with Crippen molar-refractivity contribution < 1.29 is 22.8 Å². The molecule has 9 heteroatoms. The first kappa shape index (κ1) is 20.0. The standard InChI is InChI=1S/C12H20F3N3O2.ClH/c1-3-5-11(2,16)10(20)17-8-4-6-18(9(8)19)7-12(13,14)15;/h8H,3-7,16H2,1-2H3,(H,17,20);1H. The van der Waals surface area contributed by atoms with Crippen molar-refractivity contribution in [3.63, 3.8) is 0 Å². The number of halogens is 4. The van der Waals surface area contributed by atoms with E-state index in [1.54, 1.807) is 6.92 Å². The predicted molar refractivity (Wildman–Crippen MR) is 73.9 cm³/mol. The van der Waals surface area contributed by atoms with E-state index in [0.717, 1.165) is 0 Å². The van der Waals surface area contributed by atoms with Crippen LogP contribution < -0.4 is 11.1 Å². The first-order chi connectivity index (χ1) is 9.07. The maximum atomic E-state index is 12.3. The number of carbonyl (C=O) groups is 2. The van der Waals surface area contributed by atoms with Gasteiger partial charge in [0.05, 0.1) is 5.54 Å². The molecule has 5 nitrogen and oxygen atoms in total. The number of carbonyl (C=O) groups excluding carboxylic acids is 2. The van der Waals surface area contributed by atoms with Crippen LogP contribution >= 0.6 is 12.4 Å². The topological polar surface area (TPSA) is 75.4 Å². The molecule has 0 radical (unpaired) electrons. The first-order valence-corrected chi connectivity index (χ1v) is 6.52. The number of amides is 2. The SMILES string of the molecule is CCCC(C)(N)C(=O)NC1CCN(CC(F)(F)F)C1=O.Cl. The van der Waals surface area contributed by atoms with Crippen LogP contribution in [0.15, 0.2) is 0 Å². The Morgan fingerprint density at radius 2 is 2.05 bits per heavy atom. The number of nitrogens with zero attached hydrogens (tertiary/aromatic N) is 1. The maximum absolute atomic E-state index is 12.3. The first-order valence-electron chi connectivity index (χ1n) is 6.52. The Morgan fingerprint density at radius 3 is 2.52 bits per heavy atom. The molecule has 1 heterocycles. The van der Waals surface area contributed by atoms with Gasteiger partial charge in [-0.05, 0) is 19.8 Å². The van der Waals surface area contributed by atoms with E-state index in [1.807, 2.05) is 6.92 Å². The van der Waals surface area contributed by atoms with Gasteiger partial charge in [-0.2, -0.15) is 13.2 Å². The van der Waals surface area contributed by atoms with Gasteiger partial charge < -0.3 is 16.0 Å². The lowest BCUT2D eigenvalue weighted by Crippen LogP contribution is -2.55. The molecule has 0 aromatic rings. The summed E-state index contributed by atoms with van der Waals surface area (Å²) in [5.41, 5.74) is 4.70. The van der Waals surface area contributed by atoms with E-state index in [1.165, 1.54) is 0 Å². The van der Waals surface area contributed by atoms with Crippen molar-refractivity contribution in [2.24, 2.45) is 5.73 Å². The van der Waals surface area contributed by atoms with Crippen LogP contribution in [0.2, 0.25) is 0 Å². The third-order valence-corrected chi connectivity index (χ3v) is 3.26. The zero-order valence-electron chi connectivity index (χ0n) is 12.0. The smallest absolute Gasteiger partial charge is 0.343 e. The molecule has 1 fully saturated rings. The second-order valence-corrected chi connectivity index (χ2v) is 5.36. The fourth-order valence-corrected chi connectivity index (χ4v) is 2.20. The Hall–Kier alpha value is -1.02. The lowest BCUT2D eigenvalue weighted by atomic mass is 9.96. The quantitative estimate of drug-likeness (QED) is 0.795. The number of nitrogens with one attached hydrogen (secondary N) is 1. The third-order valence-electron chi connectivity index (χ3n) is 3.26. The van der Waals surface area contributed by atoms with Crippen LogP contribution in [0.1, 0.15) is 33.1 Å². The van der Waals surface area contributed by atoms with Crippen LogP contribution in [0.5, 0.6) is 0 Å². The van der Waals surface area contributed by atoms with Crippen molar-refractivity contribution in [1.82, 2.24) is 10.2 Å². The molecule has 3 N–H and O–H groups in total. The molecule has 124 valence electrons. The minimum Gasteiger partial charge on any atom is -0.343 e. The Bertz CT molecular complexity index is 388. The molecule has 21 heavy (non-hydrogen) atoms. The van der Waals surface area contributed by atoms with Crippen LogP contribution in [0, 0.1) is 0 Å². The Labute approximate surface area is 127 Å². The number of rotatable bonds is 5. The van der Waals surface area contributed by atoms with Crippen molar-refractivity contribution in [3.05, 3.63) is 0 Å². The van der Waals surface area contributed by atoms with Crippen LogP contribution in [0.4, 0.5) is 13.2 Å². The number of hydrogen-bond acceptors (Lipinski definition) is 3. The van der Waals surface area contributed by atoms with Gasteiger partial charge in [0.25, 0.3) is 0 Å². The van der Waals surface area contributed by atoms with Crippen LogP contribution in [-0.2, 0) is 9.59 Å². The van der Waals surface area contributed by atoms with E-state index in [4.69, 9.17) is 5.73 Å². The summed E-state index contributed by atoms with van der Waals surface area (Å²) in [7, 11) is 0. The van der Waals surface area contributed by atoms with Crippen molar-refractivity contribution in [3.8, 4) is 0 Å². The molecule has 2 unspecified atom stereocenters. The van der Waals surface area contributed by atoms with Gasteiger partial charge in [-0.15, -0.1) is 12.4 Å². The molecule has 0 spiro atoms. The second kappa shape index (κ2) is 7.31. The summed E-state index contributed by atoms with van der Waals surface area (Å²) in [6.45, 7) is 2.11. The molecular formula is C12H21ClF3N3O2. The summed E-state index contributed by atoms with van der Waals surface area (Å²) in [5.74, 6) is -1.21. The zero-order chi connectivity index (χ0) is 15.6. The highest BCUT2D eigenvalue weighted by molar-refractivity contribution is 5.92. The van der Waals surface area contributed by atoms with Crippen LogP contribution in [0.3, 0.4) is 0 Å². The summed E-state index contributed by atoms with van der Waals surface area (Å²) in [6.07, 6.45) is -3.13. The highest BCUT2D eigenvalue weighted by Gasteiger charge is 2.41.